The molecule has 1 aliphatic rings. The Morgan fingerprint density at radius 1 is 0.970 bits per heavy atom. The first-order valence-corrected chi connectivity index (χ1v) is 10.7. The number of aliphatic carboxylic acids is 1. The number of aliphatic hydroxyl groups excluding tert-OH is 1. The number of ketones is 1. The van der Waals surface area contributed by atoms with Crippen molar-refractivity contribution in [3.8, 4) is 0 Å². The van der Waals surface area contributed by atoms with Gasteiger partial charge in [0.05, 0.1) is 11.6 Å². The molecule has 0 aliphatic carbocycles. The summed E-state index contributed by atoms with van der Waals surface area (Å²) < 4.78 is 13.4. The van der Waals surface area contributed by atoms with Crippen LogP contribution in [-0.2, 0) is 14.4 Å². The quantitative estimate of drug-likeness (QED) is 0.258. The lowest BCUT2D eigenvalue weighted by Gasteiger charge is -2.26. The van der Waals surface area contributed by atoms with E-state index in [1.807, 2.05) is 31.1 Å². The number of carbonyl (C=O) groups excluding carboxylic acids is 2. The maximum absolute atomic E-state index is 13.4. The standard InChI is InChI=1S/C25H27FN2O5/c1-27(2)19-13-9-16(10-14-19)22-21(23(31)17-7-11-18(26)12-8-17)24(32)25(33)28(22)15-5-3-4-6-20(29)30/h7-14,22,31H,3-6,15H2,1-2H3,(H,29,30)/t22-/m1/s1. The summed E-state index contributed by atoms with van der Waals surface area (Å²) in [5.41, 5.74) is 1.79. The highest BCUT2D eigenvalue weighted by atomic mass is 19.1. The lowest BCUT2D eigenvalue weighted by molar-refractivity contribution is -0.140. The molecule has 1 heterocycles. The van der Waals surface area contributed by atoms with Crippen LogP contribution in [-0.4, -0.2) is 53.4 Å². The molecule has 0 bridgehead atoms. The van der Waals surface area contributed by atoms with Gasteiger partial charge in [0.15, 0.2) is 0 Å². The van der Waals surface area contributed by atoms with E-state index in [2.05, 4.69) is 0 Å². The van der Waals surface area contributed by atoms with E-state index in [4.69, 9.17) is 5.11 Å². The van der Waals surface area contributed by atoms with Gasteiger partial charge in [-0.2, -0.15) is 0 Å². The fraction of sp³-hybridized carbons (Fsp3) is 0.320. The Kier molecular flexibility index (Phi) is 7.48. The van der Waals surface area contributed by atoms with Crippen molar-refractivity contribution in [3.63, 3.8) is 0 Å². The highest BCUT2D eigenvalue weighted by molar-refractivity contribution is 6.46. The van der Waals surface area contributed by atoms with Crippen LogP contribution in [0.4, 0.5) is 10.1 Å². The molecular weight excluding hydrogens is 427 g/mol. The first-order chi connectivity index (χ1) is 15.7. The maximum atomic E-state index is 13.4. The van der Waals surface area contributed by atoms with Crippen LogP contribution in [0.2, 0.25) is 0 Å². The van der Waals surface area contributed by atoms with Crippen LogP contribution in [0.5, 0.6) is 0 Å². The fourth-order valence-corrected chi connectivity index (χ4v) is 3.91. The second-order valence-corrected chi connectivity index (χ2v) is 8.19. The molecule has 1 atom stereocenters. The van der Waals surface area contributed by atoms with Crippen molar-refractivity contribution in [1.82, 2.24) is 4.90 Å². The molecule has 1 saturated heterocycles. The van der Waals surface area contributed by atoms with Crippen LogP contribution >= 0.6 is 0 Å². The second kappa shape index (κ2) is 10.3. The molecule has 7 nitrogen and oxygen atoms in total. The number of halogens is 1. The molecule has 1 aliphatic heterocycles. The molecular formula is C25H27FN2O5. The van der Waals surface area contributed by atoms with Crippen LogP contribution in [0.15, 0.2) is 54.1 Å². The van der Waals surface area contributed by atoms with E-state index in [9.17, 15) is 23.9 Å². The Morgan fingerprint density at radius 3 is 2.18 bits per heavy atom. The summed E-state index contributed by atoms with van der Waals surface area (Å²) in [5.74, 6) is -3.24. The minimum absolute atomic E-state index is 0.0405. The number of carbonyl (C=O) groups is 3. The van der Waals surface area contributed by atoms with Crippen molar-refractivity contribution in [1.29, 1.82) is 0 Å². The number of hydrogen-bond donors (Lipinski definition) is 2. The normalized spacial score (nSPS) is 17.4. The van der Waals surface area contributed by atoms with E-state index in [-0.39, 0.29) is 29.9 Å². The summed E-state index contributed by atoms with van der Waals surface area (Å²) in [4.78, 5) is 39.9. The zero-order chi connectivity index (χ0) is 24.1. The van der Waals surface area contributed by atoms with Crippen LogP contribution in [0.3, 0.4) is 0 Å². The number of hydrogen-bond acceptors (Lipinski definition) is 5. The van der Waals surface area contributed by atoms with Gasteiger partial charge in [0.2, 0.25) is 0 Å². The largest absolute Gasteiger partial charge is 0.507 e. The van der Waals surface area contributed by atoms with Crippen molar-refractivity contribution >= 4 is 29.1 Å². The van der Waals surface area contributed by atoms with Crippen LogP contribution in [0.25, 0.3) is 5.76 Å². The van der Waals surface area contributed by atoms with Gasteiger partial charge in [-0.1, -0.05) is 18.6 Å². The first-order valence-electron chi connectivity index (χ1n) is 10.7. The van der Waals surface area contributed by atoms with Crippen LogP contribution < -0.4 is 4.90 Å². The SMILES string of the molecule is CN(C)c1ccc([C@@H]2C(=C(O)c3ccc(F)cc3)C(=O)C(=O)N2CCCCCC(=O)O)cc1. The number of unbranched alkanes of at least 4 members (excludes halogenated alkanes) is 2. The first kappa shape index (κ1) is 24.0. The van der Waals surface area contributed by atoms with E-state index in [0.29, 0.717) is 24.8 Å². The predicted octanol–water partition coefficient (Wildman–Crippen LogP) is 3.96. The van der Waals surface area contributed by atoms with Gasteiger partial charge in [-0.25, -0.2) is 4.39 Å². The molecule has 2 aromatic rings. The number of rotatable bonds is 9. The molecule has 8 heteroatoms. The summed E-state index contributed by atoms with van der Waals surface area (Å²) >= 11 is 0. The molecule has 2 aromatic carbocycles. The molecule has 1 amide bonds. The Balaban J connectivity index is 1.98. The van der Waals surface area contributed by atoms with Crippen molar-refractivity contribution in [2.24, 2.45) is 0 Å². The van der Waals surface area contributed by atoms with Gasteiger partial charge in [-0.15, -0.1) is 0 Å². The molecule has 0 spiro atoms. The summed E-state index contributed by atoms with van der Waals surface area (Å²) in [6, 6.07) is 11.6. The van der Waals surface area contributed by atoms with Gasteiger partial charge >= 0.3 is 5.97 Å². The molecule has 174 valence electrons. The summed E-state index contributed by atoms with van der Waals surface area (Å²) in [6.45, 7) is 0.241. The smallest absolute Gasteiger partial charge is 0.303 e. The molecule has 33 heavy (non-hydrogen) atoms. The minimum atomic E-state index is -0.879. The number of likely N-dealkylation sites (tertiary alicyclic amines) is 1. The third kappa shape index (κ3) is 5.39. The van der Waals surface area contributed by atoms with Gasteiger partial charge in [0.1, 0.15) is 11.6 Å². The Bertz CT molecular complexity index is 1060. The highest BCUT2D eigenvalue weighted by Crippen LogP contribution is 2.40. The lowest BCUT2D eigenvalue weighted by Crippen LogP contribution is -2.30. The van der Waals surface area contributed by atoms with Crippen LogP contribution in [0, 0.1) is 5.82 Å². The van der Waals surface area contributed by atoms with Gasteiger partial charge in [0, 0.05) is 38.3 Å². The molecule has 2 N–H and O–H groups in total. The molecule has 0 unspecified atom stereocenters. The molecule has 0 radical (unpaired) electrons. The van der Waals surface area contributed by atoms with Crippen molar-refractivity contribution < 1.29 is 29.0 Å². The number of benzene rings is 2. The number of carboxylic acid groups (broad SMARTS) is 1. The Morgan fingerprint density at radius 2 is 1.61 bits per heavy atom. The monoisotopic (exact) mass is 454 g/mol. The third-order valence-corrected chi connectivity index (χ3v) is 5.67. The summed E-state index contributed by atoms with van der Waals surface area (Å²) in [7, 11) is 3.79. The maximum Gasteiger partial charge on any atom is 0.303 e. The van der Waals surface area contributed by atoms with Crippen molar-refractivity contribution in [3.05, 3.63) is 71.0 Å². The van der Waals surface area contributed by atoms with E-state index in [0.717, 1.165) is 5.69 Å². The average molecular weight is 454 g/mol. The van der Waals surface area contributed by atoms with Crippen molar-refractivity contribution in [2.45, 2.75) is 31.7 Å². The van der Waals surface area contributed by atoms with Crippen molar-refractivity contribution in [2.75, 3.05) is 25.5 Å². The van der Waals surface area contributed by atoms with E-state index in [1.165, 1.54) is 29.2 Å². The number of aliphatic hydroxyl groups is 1. The minimum Gasteiger partial charge on any atom is -0.507 e. The van der Waals surface area contributed by atoms with Gasteiger partial charge < -0.3 is 20.0 Å². The number of carboxylic acids is 1. The van der Waals surface area contributed by atoms with Gasteiger partial charge in [-0.3, -0.25) is 14.4 Å². The van der Waals surface area contributed by atoms with Gasteiger partial charge in [-0.05, 0) is 54.8 Å². The molecule has 0 saturated carbocycles. The van der Waals surface area contributed by atoms with E-state index < -0.39 is 29.5 Å². The number of amides is 1. The van der Waals surface area contributed by atoms with Gasteiger partial charge in [0.25, 0.3) is 11.7 Å². The summed E-state index contributed by atoms with van der Waals surface area (Å²) in [5, 5.41) is 19.8. The predicted molar refractivity (Wildman–Crippen MR) is 122 cm³/mol. The average Bonchev–Trinajstić information content (AvgIpc) is 3.03. The zero-order valence-corrected chi connectivity index (χ0v) is 18.6. The lowest BCUT2D eigenvalue weighted by atomic mass is 9.95. The Hall–Kier alpha value is -3.68. The number of anilines is 1. The Labute approximate surface area is 191 Å². The molecule has 3 rings (SSSR count). The topological polar surface area (TPSA) is 98.2 Å². The molecule has 0 aromatic heterocycles. The summed E-state index contributed by atoms with van der Waals surface area (Å²) in [6.07, 6.45) is 1.61. The van der Waals surface area contributed by atoms with E-state index in [1.54, 1.807) is 12.1 Å². The zero-order valence-electron chi connectivity index (χ0n) is 18.6. The fourth-order valence-electron chi connectivity index (χ4n) is 3.91. The number of Topliss-reactive ketones (excluding diaryl/α,β-unsaturated/α-hetero) is 1. The third-order valence-electron chi connectivity index (χ3n) is 5.67. The number of nitrogens with zero attached hydrogens (tertiary/aromatic N) is 2. The molecule has 1 fully saturated rings. The second-order valence-electron chi connectivity index (χ2n) is 8.19. The van der Waals surface area contributed by atoms with Crippen LogP contribution in [0.1, 0.15) is 42.9 Å². The van der Waals surface area contributed by atoms with E-state index >= 15 is 0 Å². The highest BCUT2D eigenvalue weighted by Gasteiger charge is 2.45.